The van der Waals surface area contributed by atoms with Crippen LogP contribution in [0.2, 0.25) is 0 Å². The largest absolute Gasteiger partial charge is 2.00 e. The summed E-state index contributed by atoms with van der Waals surface area (Å²) in [6, 6.07) is 42.7. The first-order valence-corrected chi connectivity index (χ1v) is 33.1. The molecule has 405 valence electrons. The van der Waals surface area contributed by atoms with Gasteiger partial charge in [0, 0.05) is 10.8 Å². The third kappa shape index (κ3) is 22.3. The molecule has 0 aliphatic rings. The number of nitrogens with zero attached hydrogens (tertiary/aromatic N) is 5. The molecule has 0 heterocycles. The van der Waals surface area contributed by atoms with Crippen molar-refractivity contribution in [1.82, 2.24) is 0 Å². The zero-order chi connectivity index (χ0) is 55.3. The van der Waals surface area contributed by atoms with Crippen molar-refractivity contribution in [2.75, 3.05) is 0 Å². The van der Waals surface area contributed by atoms with Gasteiger partial charge in [-0.25, -0.2) is 0 Å². The first kappa shape index (κ1) is 72.0. The predicted octanol–water partition coefficient (Wildman–Crippen LogP) is 17.7. The minimum Gasteiger partial charge on any atom is -0.848 e. The standard InChI is InChI=1S/C18H15OSi.3C15H26NP.Co.N2.Zr/c19-20(16-10-4-1-5-11-16,17-12-6-2-7-13-17)18-14-8-3-9-15-18;3*1-10(2)17(11(3)4)16-15-13(6)8-12(5)9-14(15)7;;1-2;/h1-15H;3*8-11,17H,1-7H3;;;/q-1;;;;+2;;+2. The normalized spacial score (nSPS) is 10.9. The van der Waals surface area contributed by atoms with Crippen LogP contribution in [0.1, 0.15) is 133 Å². The number of aryl methyl sites for hydroxylation is 9. The molecule has 0 atom stereocenters. The van der Waals surface area contributed by atoms with E-state index in [2.05, 4.69) is 182 Å². The molecule has 0 unspecified atom stereocenters. The van der Waals surface area contributed by atoms with Crippen LogP contribution in [0.15, 0.2) is 127 Å². The summed E-state index contributed by atoms with van der Waals surface area (Å²) >= 11 is 0. The van der Waals surface area contributed by atoms with Crippen LogP contribution in [0, 0.1) is 73.1 Å². The second-order valence-corrected chi connectivity index (χ2v) is 34.8. The van der Waals surface area contributed by atoms with E-state index in [1.54, 1.807) is 0 Å². The molecule has 6 aromatic rings. The maximum atomic E-state index is 13.8. The Hall–Kier alpha value is -3.00. The molecule has 6 nitrogen and oxygen atoms in total. The second-order valence-electron chi connectivity index (χ2n) is 21.6. The van der Waals surface area contributed by atoms with Crippen molar-refractivity contribution in [2.45, 2.75) is 179 Å². The fourth-order valence-electron chi connectivity index (χ4n) is 9.73. The van der Waals surface area contributed by atoms with Crippen LogP contribution >= 0.6 is 24.2 Å². The third-order valence-electron chi connectivity index (χ3n) is 12.7. The van der Waals surface area contributed by atoms with Gasteiger partial charge in [-0.1, -0.05) is 217 Å². The van der Waals surface area contributed by atoms with Gasteiger partial charge in [0.2, 0.25) is 0 Å². The minimum atomic E-state index is -3.13. The van der Waals surface area contributed by atoms with Gasteiger partial charge in [-0.3, -0.25) is 0 Å². The quantitative estimate of drug-likeness (QED) is 0.0442. The molecule has 0 fully saturated rings. The van der Waals surface area contributed by atoms with Crippen LogP contribution in [-0.4, -0.2) is 42.3 Å². The van der Waals surface area contributed by atoms with Crippen LogP contribution in [0.5, 0.6) is 0 Å². The molecule has 0 saturated heterocycles. The van der Waals surface area contributed by atoms with E-state index in [9.17, 15) is 4.80 Å². The van der Waals surface area contributed by atoms with Gasteiger partial charge in [-0.05, 0) is 145 Å². The molecule has 1 radical (unpaired) electrons. The Morgan fingerprint density at radius 2 is 0.507 bits per heavy atom. The monoisotopic (exact) mass is 1210 g/mol. The van der Waals surface area contributed by atoms with E-state index in [0.29, 0.717) is 34.0 Å². The van der Waals surface area contributed by atoms with Crippen molar-refractivity contribution in [3.8, 4) is 0 Å². The molecule has 0 N–H and O–H groups in total. The molecule has 0 bridgehead atoms. The van der Waals surface area contributed by atoms with Crippen LogP contribution in [0.3, 0.4) is 0 Å². The van der Waals surface area contributed by atoms with Crippen molar-refractivity contribution in [2.24, 2.45) is 0 Å². The molecule has 0 saturated carbocycles. The smallest absolute Gasteiger partial charge is 0.848 e. The first-order chi connectivity index (χ1) is 34.3. The second kappa shape index (κ2) is 35.5. The Morgan fingerprint density at radius 3 is 0.653 bits per heavy atom. The average molecular weight is 1210 g/mol. The molecule has 75 heavy (non-hydrogen) atoms. The van der Waals surface area contributed by atoms with E-state index in [0.717, 1.165) is 15.6 Å². The van der Waals surface area contributed by atoms with Crippen molar-refractivity contribution >= 4 is 65.2 Å². The fourth-order valence-corrected chi connectivity index (χ4v) is 20.1. The molecule has 6 rings (SSSR count). The van der Waals surface area contributed by atoms with Crippen LogP contribution in [-0.2, 0) is 43.0 Å². The zero-order valence-electron chi connectivity index (χ0n) is 49.6. The van der Waals surface area contributed by atoms with Crippen molar-refractivity contribution in [1.29, 1.82) is 10.8 Å². The summed E-state index contributed by atoms with van der Waals surface area (Å²) in [5.41, 5.74) is 19.9. The van der Waals surface area contributed by atoms with Crippen molar-refractivity contribution in [3.63, 3.8) is 0 Å². The van der Waals surface area contributed by atoms with Gasteiger partial charge in [0.1, 0.15) is 0 Å². The fraction of sp³-hybridized carbons (Fsp3) is 0.429. The number of hydrogen-bond acceptors (Lipinski definition) is 3. The van der Waals surface area contributed by atoms with Crippen LogP contribution in [0.25, 0.3) is 15.3 Å². The van der Waals surface area contributed by atoms with Crippen molar-refractivity contribution in [3.05, 3.63) is 193 Å². The summed E-state index contributed by atoms with van der Waals surface area (Å²) in [6.45, 7) is 47.2. The van der Waals surface area contributed by atoms with E-state index in [1.807, 2.05) is 91.0 Å². The van der Waals surface area contributed by atoms with Gasteiger partial charge in [0.15, 0.2) is 0 Å². The van der Waals surface area contributed by atoms with Gasteiger partial charge in [0.25, 0.3) is 0 Å². The number of hydrogen-bond donors (Lipinski definition) is 0. The summed E-state index contributed by atoms with van der Waals surface area (Å²) in [4.78, 5) is 13.8. The van der Waals surface area contributed by atoms with Gasteiger partial charge < -0.3 is 20.1 Å². The summed E-state index contributed by atoms with van der Waals surface area (Å²) < 4.78 is 0. The van der Waals surface area contributed by atoms with Gasteiger partial charge in [0.05, 0.1) is 42.3 Å². The maximum absolute atomic E-state index is 13.8. The van der Waals surface area contributed by atoms with Gasteiger partial charge >= 0.3 is 43.0 Å². The summed E-state index contributed by atoms with van der Waals surface area (Å²) in [7, 11) is -5.12. The van der Waals surface area contributed by atoms with Gasteiger partial charge in [-0.15, -0.1) is 17.1 Å². The Bertz CT molecular complexity index is 2210. The van der Waals surface area contributed by atoms with E-state index >= 15 is 0 Å². The van der Waals surface area contributed by atoms with Gasteiger partial charge in [-0.2, -0.15) is 0 Å². The molecule has 0 aliphatic carbocycles. The number of rotatable bonds is 15. The van der Waals surface area contributed by atoms with Crippen LogP contribution in [0.4, 0.5) is 17.1 Å². The molecule has 0 amide bonds. The molecule has 12 heteroatoms. The Labute approximate surface area is 492 Å². The zero-order valence-corrected chi connectivity index (χ0v) is 57.1. The van der Waals surface area contributed by atoms with E-state index in [4.69, 9.17) is 26.0 Å². The Kier molecular flexibility index (Phi) is 34.1. The van der Waals surface area contributed by atoms with E-state index in [-0.39, 0.29) is 43.0 Å². The average Bonchev–Trinajstić information content (AvgIpc) is 3.32. The summed E-state index contributed by atoms with van der Waals surface area (Å²) in [5, 5.41) is 30.0. The first-order valence-electron chi connectivity index (χ1n) is 26.4. The van der Waals surface area contributed by atoms with Crippen LogP contribution < -0.4 is 20.4 Å². The molecule has 0 spiro atoms. The maximum Gasteiger partial charge on any atom is 2.00 e. The molecule has 0 aromatic heterocycles. The Balaban J connectivity index is 0.000000957. The summed E-state index contributed by atoms with van der Waals surface area (Å²) in [6.07, 6.45) is 0. The molecule has 0 aliphatic heterocycles. The topological polar surface area (TPSA) is 113 Å². The van der Waals surface area contributed by atoms with E-state index in [1.165, 1.54) is 67.1 Å². The minimum absolute atomic E-state index is 0. The Morgan fingerprint density at radius 1 is 0.347 bits per heavy atom. The van der Waals surface area contributed by atoms with E-state index < -0.39 is 32.5 Å². The molecular formula is C63H93CoN5OP3SiZr+3. The molecule has 6 aromatic carbocycles. The SMILES string of the molecule is Cc1cc(C)c([N-][PH+](C(C)C)C(C)C)c(C)c1.Cc1cc(C)c([N-][PH+](C(C)C)C(C)C)c(C)c1.Cc1cc(C)c([N-][PH+](C(C)C)C(C)C)c(C)c1.N#N.[Co+2].[O-][Si](c1ccccc1)(c1ccccc1)c1ccccc1.[Zr+2]. The van der Waals surface area contributed by atoms with Crippen molar-refractivity contribution < 1.29 is 47.8 Å². The summed E-state index contributed by atoms with van der Waals surface area (Å²) in [5.74, 6) is 0. The predicted molar refractivity (Wildman–Crippen MR) is 334 cm³/mol. The number of benzene rings is 6. The third-order valence-corrected chi connectivity index (χ3v) is 24.7. The molecular weight excluding hydrogens is 1110 g/mol.